The van der Waals surface area contributed by atoms with Crippen molar-refractivity contribution < 1.29 is 4.79 Å². The predicted octanol–water partition coefficient (Wildman–Crippen LogP) is 2.18. The Hall–Kier alpha value is -1.35. The van der Waals surface area contributed by atoms with Crippen molar-refractivity contribution in [2.45, 2.75) is 38.8 Å². The molecular weight excluding hydrogens is 212 g/mol. The van der Waals surface area contributed by atoms with Crippen LogP contribution >= 0.6 is 0 Å². The molecule has 1 aromatic carbocycles. The lowest BCUT2D eigenvalue weighted by Crippen LogP contribution is -2.53. The van der Waals surface area contributed by atoms with Crippen LogP contribution in [-0.2, 0) is 4.79 Å². The fourth-order valence-electron chi connectivity index (χ4n) is 2.26. The van der Waals surface area contributed by atoms with Crippen LogP contribution in [0.25, 0.3) is 0 Å². The van der Waals surface area contributed by atoms with Gasteiger partial charge in [-0.15, -0.1) is 0 Å². The summed E-state index contributed by atoms with van der Waals surface area (Å²) in [5, 5.41) is 3.31. The summed E-state index contributed by atoms with van der Waals surface area (Å²) in [6, 6.07) is 10.1. The molecule has 1 aliphatic rings. The van der Waals surface area contributed by atoms with Gasteiger partial charge in [0, 0.05) is 11.7 Å². The van der Waals surface area contributed by atoms with Gasteiger partial charge in [-0.3, -0.25) is 4.79 Å². The van der Waals surface area contributed by atoms with Crippen molar-refractivity contribution in [1.29, 1.82) is 0 Å². The first kappa shape index (κ1) is 12.1. The number of carbonyl (C=O) groups is 1. The van der Waals surface area contributed by atoms with E-state index in [2.05, 4.69) is 12.2 Å². The third-order valence-electron chi connectivity index (χ3n) is 3.36. The maximum absolute atomic E-state index is 12.5. The highest BCUT2D eigenvalue weighted by Gasteiger charge is 2.37. The number of hydrogen-bond donors (Lipinski definition) is 1. The second kappa shape index (κ2) is 4.49. The van der Waals surface area contributed by atoms with E-state index in [0.29, 0.717) is 0 Å². The number of para-hydroxylation sites is 1. The third kappa shape index (κ3) is 2.34. The summed E-state index contributed by atoms with van der Waals surface area (Å²) in [4.78, 5) is 14.5. The standard InChI is InChI=1S/C14H20N2O/c1-11-9-10-15-14(2,3)13(17)16(11)12-7-5-4-6-8-12/h4-8,11,15H,9-10H2,1-3H3. The van der Waals surface area contributed by atoms with Crippen LogP contribution in [0.5, 0.6) is 0 Å². The summed E-state index contributed by atoms with van der Waals surface area (Å²) < 4.78 is 0. The first-order valence-electron chi connectivity index (χ1n) is 6.16. The molecule has 0 aliphatic carbocycles. The number of carbonyl (C=O) groups excluding carboxylic acids is 1. The van der Waals surface area contributed by atoms with Crippen molar-refractivity contribution in [3.8, 4) is 0 Å². The van der Waals surface area contributed by atoms with Gasteiger partial charge in [-0.25, -0.2) is 0 Å². The molecule has 0 saturated carbocycles. The van der Waals surface area contributed by atoms with E-state index in [1.54, 1.807) is 0 Å². The second-order valence-electron chi connectivity index (χ2n) is 5.20. The van der Waals surface area contributed by atoms with Crippen molar-refractivity contribution >= 4 is 11.6 Å². The third-order valence-corrected chi connectivity index (χ3v) is 3.36. The molecule has 3 heteroatoms. The molecule has 0 radical (unpaired) electrons. The fourth-order valence-corrected chi connectivity index (χ4v) is 2.26. The van der Waals surface area contributed by atoms with Crippen LogP contribution in [0.3, 0.4) is 0 Å². The topological polar surface area (TPSA) is 32.3 Å². The highest BCUT2D eigenvalue weighted by molar-refractivity contribution is 6.00. The zero-order valence-electron chi connectivity index (χ0n) is 10.7. The number of nitrogens with one attached hydrogen (secondary N) is 1. The van der Waals surface area contributed by atoms with Crippen molar-refractivity contribution in [1.82, 2.24) is 5.32 Å². The van der Waals surface area contributed by atoms with E-state index in [1.807, 2.05) is 49.1 Å². The van der Waals surface area contributed by atoms with Crippen LogP contribution in [0.1, 0.15) is 27.2 Å². The molecule has 1 atom stereocenters. The number of benzene rings is 1. The van der Waals surface area contributed by atoms with Crippen molar-refractivity contribution in [2.24, 2.45) is 0 Å². The Morgan fingerprint density at radius 3 is 2.59 bits per heavy atom. The van der Waals surface area contributed by atoms with E-state index in [9.17, 15) is 4.79 Å². The van der Waals surface area contributed by atoms with Gasteiger partial charge in [-0.2, -0.15) is 0 Å². The van der Waals surface area contributed by atoms with E-state index >= 15 is 0 Å². The van der Waals surface area contributed by atoms with Crippen LogP contribution in [0, 0.1) is 0 Å². The van der Waals surface area contributed by atoms with Crippen molar-refractivity contribution in [3.63, 3.8) is 0 Å². The minimum atomic E-state index is -0.486. The molecule has 1 fully saturated rings. The molecule has 1 aliphatic heterocycles. The monoisotopic (exact) mass is 232 g/mol. The average molecular weight is 232 g/mol. The van der Waals surface area contributed by atoms with Gasteiger partial charge in [-0.05, 0) is 45.9 Å². The van der Waals surface area contributed by atoms with Crippen molar-refractivity contribution in [2.75, 3.05) is 11.4 Å². The number of rotatable bonds is 1. The minimum absolute atomic E-state index is 0.147. The molecule has 1 heterocycles. The largest absolute Gasteiger partial charge is 0.308 e. The van der Waals surface area contributed by atoms with Gasteiger partial charge in [0.05, 0.1) is 5.54 Å². The predicted molar refractivity (Wildman–Crippen MR) is 70.1 cm³/mol. The molecule has 17 heavy (non-hydrogen) atoms. The van der Waals surface area contributed by atoms with Gasteiger partial charge in [0.1, 0.15) is 0 Å². The Balaban J connectivity index is 2.38. The zero-order valence-corrected chi connectivity index (χ0v) is 10.7. The van der Waals surface area contributed by atoms with E-state index in [1.165, 1.54) is 0 Å². The summed E-state index contributed by atoms with van der Waals surface area (Å²) in [5.74, 6) is 0.147. The maximum Gasteiger partial charge on any atom is 0.246 e. The summed E-state index contributed by atoms with van der Waals surface area (Å²) >= 11 is 0. The first-order chi connectivity index (χ1) is 8.02. The summed E-state index contributed by atoms with van der Waals surface area (Å²) in [5.41, 5.74) is 0.502. The van der Waals surface area contributed by atoms with Gasteiger partial charge >= 0.3 is 0 Å². The van der Waals surface area contributed by atoms with Crippen LogP contribution in [-0.4, -0.2) is 24.0 Å². The first-order valence-corrected chi connectivity index (χ1v) is 6.16. The summed E-state index contributed by atoms with van der Waals surface area (Å²) in [6.45, 7) is 6.88. The van der Waals surface area contributed by atoms with Gasteiger partial charge in [0.2, 0.25) is 5.91 Å². The molecule has 3 nitrogen and oxygen atoms in total. The Labute approximate surface area is 103 Å². The van der Waals surface area contributed by atoms with Gasteiger partial charge in [0.25, 0.3) is 0 Å². The number of nitrogens with zero attached hydrogens (tertiary/aromatic N) is 1. The minimum Gasteiger partial charge on any atom is -0.308 e. The molecule has 0 spiro atoms. The number of hydrogen-bond acceptors (Lipinski definition) is 2. The summed E-state index contributed by atoms with van der Waals surface area (Å²) in [6.07, 6.45) is 0.976. The quantitative estimate of drug-likeness (QED) is 0.805. The highest BCUT2D eigenvalue weighted by atomic mass is 16.2. The van der Waals surface area contributed by atoms with Crippen LogP contribution in [0.4, 0.5) is 5.69 Å². The van der Waals surface area contributed by atoms with E-state index in [4.69, 9.17) is 0 Å². The molecular formula is C14H20N2O. The lowest BCUT2D eigenvalue weighted by Gasteiger charge is -2.32. The maximum atomic E-state index is 12.5. The molecule has 0 bridgehead atoms. The highest BCUT2D eigenvalue weighted by Crippen LogP contribution is 2.24. The normalized spacial score (nSPS) is 24.5. The van der Waals surface area contributed by atoms with E-state index in [0.717, 1.165) is 18.7 Å². The van der Waals surface area contributed by atoms with Gasteiger partial charge in [-0.1, -0.05) is 18.2 Å². The van der Waals surface area contributed by atoms with E-state index in [-0.39, 0.29) is 11.9 Å². The number of amides is 1. The van der Waals surface area contributed by atoms with Crippen LogP contribution in [0.2, 0.25) is 0 Å². The van der Waals surface area contributed by atoms with Crippen LogP contribution in [0.15, 0.2) is 30.3 Å². The SMILES string of the molecule is CC1CCNC(C)(C)C(=O)N1c1ccccc1. The fraction of sp³-hybridized carbons (Fsp3) is 0.500. The average Bonchev–Trinajstić information content (AvgIpc) is 2.39. The van der Waals surface area contributed by atoms with Crippen LogP contribution < -0.4 is 10.2 Å². The summed E-state index contributed by atoms with van der Waals surface area (Å²) in [7, 11) is 0. The molecule has 0 aromatic heterocycles. The Morgan fingerprint density at radius 1 is 1.29 bits per heavy atom. The second-order valence-corrected chi connectivity index (χ2v) is 5.20. The molecule has 1 saturated heterocycles. The smallest absolute Gasteiger partial charge is 0.246 e. The number of anilines is 1. The molecule has 1 unspecified atom stereocenters. The lowest BCUT2D eigenvalue weighted by atomic mass is 10.0. The molecule has 1 aromatic rings. The van der Waals surface area contributed by atoms with Gasteiger partial charge in [0.15, 0.2) is 0 Å². The van der Waals surface area contributed by atoms with Crippen molar-refractivity contribution in [3.05, 3.63) is 30.3 Å². The zero-order chi connectivity index (χ0) is 12.5. The molecule has 1 amide bonds. The molecule has 1 N–H and O–H groups in total. The van der Waals surface area contributed by atoms with E-state index < -0.39 is 5.54 Å². The Kier molecular flexibility index (Phi) is 3.20. The molecule has 92 valence electrons. The Morgan fingerprint density at radius 2 is 1.94 bits per heavy atom. The Bertz CT molecular complexity index is 400. The van der Waals surface area contributed by atoms with Gasteiger partial charge < -0.3 is 10.2 Å². The molecule has 2 rings (SSSR count). The lowest BCUT2D eigenvalue weighted by molar-refractivity contribution is -0.123.